The van der Waals surface area contributed by atoms with Gasteiger partial charge in [-0.25, -0.2) is 0 Å². The highest BCUT2D eigenvalue weighted by atomic mass is 32.1. The van der Waals surface area contributed by atoms with Gasteiger partial charge in [0, 0.05) is 15.7 Å². The van der Waals surface area contributed by atoms with E-state index in [0.717, 1.165) is 6.42 Å². The monoisotopic (exact) mass is 704 g/mol. The Bertz CT molecular complexity index is 2520. The summed E-state index contributed by atoms with van der Waals surface area (Å²) in [5.74, 6) is 0.175. The quantitative estimate of drug-likeness (QED) is 0.131. The highest BCUT2D eigenvalue weighted by molar-refractivity contribution is 7.18. The van der Waals surface area contributed by atoms with Crippen molar-refractivity contribution in [2.75, 3.05) is 0 Å². The molecule has 0 bridgehead atoms. The van der Waals surface area contributed by atoms with Crippen LogP contribution in [-0.4, -0.2) is 0 Å². The second-order valence-corrected chi connectivity index (χ2v) is 15.4. The van der Waals surface area contributed by atoms with E-state index in [1.807, 2.05) is 11.3 Å². The van der Waals surface area contributed by atoms with Crippen LogP contribution in [-0.2, 0) is 0 Å². The number of benzene rings is 5. The summed E-state index contributed by atoms with van der Waals surface area (Å²) in [4.78, 5) is 2.58. The fourth-order valence-electron chi connectivity index (χ4n) is 7.56. The van der Waals surface area contributed by atoms with Crippen molar-refractivity contribution in [3.63, 3.8) is 0 Å². The van der Waals surface area contributed by atoms with Crippen molar-refractivity contribution in [3.8, 4) is 20.9 Å². The number of thiophene rings is 1. The predicted octanol–water partition coefficient (Wildman–Crippen LogP) is 13.2. The molecule has 0 saturated carbocycles. The lowest BCUT2D eigenvalue weighted by atomic mass is 9.75. The molecule has 1 heteroatoms. The number of rotatable bonds is 9. The van der Waals surface area contributed by atoms with Gasteiger partial charge < -0.3 is 0 Å². The lowest BCUT2D eigenvalue weighted by Gasteiger charge is -2.28. The van der Waals surface area contributed by atoms with Crippen LogP contribution in [0.2, 0.25) is 0 Å². The fourth-order valence-corrected chi connectivity index (χ4v) is 8.57. The molecule has 1 aromatic heterocycles. The van der Waals surface area contributed by atoms with Crippen molar-refractivity contribution in [3.05, 3.63) is 213 Å². The zero-order valence-electron chi connectivity index (χ0n) is 31.8. The van der Waals surface area contributed by atoms with Crippen LogP contribution in [0.3, 0.4) is 0 Å². The van der Waals surface area contributed by atoms with Crippen molar-refractivity contribution in [1.82, 2.24) is 0 Å². The van der Waals surface area contributed by atoms with Crippen molar-refractivity contribution in [2.45, 2.75) is 48.0 Å². The van der Waals surface area contributed by atoms with E-state index in [1.54, 1.807) is 0 Å². The average molecular weight is 705 g/mol. The smallest absolute Gasteiger partial charge is 0.0349 e. The maximum Gasteiger partial charge on any atom is 0.0349 e. The van der Waals surface area contributed by atoms with E-state index in [1.165, 1.54) is 92.6 Å². The second-order valence-electron chi connectivity index (χ2n) is 14.3. The summed E-state index contributed by atoms with van der Waals surface area (Å²) < 4.78 is 0. The average Bonchev–Trinajstić information content (AvgIpc) is 3.69. The standard InChI is InChI=1S/C52H48S/c1-7-16-35(2)31-47-39(6)51(44-23-14-21-42(33-44)38(5)27-26-37(4)40-17-10-8-11-18-40)48-32-36(3)25-28-46(48)52(47)45-24-15-22-43(34-45)50-30-29-49(53-50)41-19-12-9-13-20-41/h8-34,39H,7H2,1-6H3/b35-16-,37-26+,38-27+,47-31+. The van der Waals surface area contributed by atoms with Crippen LogP contribution in [0.5, 0.6) is 0 Å². The Morgan fingerprint density at radius 1 is 0.585 bits per heavy atom. The zero-order chi connectivity index (χ0) is 36.9. The summed E-state index contributed by atoms with van der Waals surface area (Å²) in [7, 11) is 0. The van der Waals surface area contributed by atoms with Gasteiger partial charge in [-0.1, -0.05) is 165 Å². The minimum Gasteiger partial charge on any atom is -0.135 e. The third kappa shape index (κ3) is 7.82. The highest BCUT2D eigenvalue weighted by Gasteiger charge is 2.26. The van der Waals surface area contributed by atoms with Gasteiger partial charge in [0.1, 0.15) is 0 Å². The van der Waals surface area contributed by atoms with Crippen LogP contribution in [0.4, 0.5) is 0 Å². The first kappa shape index (κ1) is 35.9. The van der Waals surface area contributed by atoms with E-state index in [2.05, 4.69) is 205 Å². The normalized spacial score (nSPS) is 15.9. The molecule has 0 aliphatic heterocycles. The molecule has 0 fully saturated rings. The maximum absolute atomic E-state index is 2.45. The van der Waals surface area contributed by atoms with Crippen molar-refractivity contribution >= 4 is 33.6 Å². The number of aryl methyl sites for hydroxylation is 1. The molecule has 0 spiro atoms. The van der Waals surface area contributed by atoms with Crippen LogP contribution in [0, 0.1) is 12.8 Å². The lowest BCUT2D eigenvalue weighted by molar-refractivity contribution is 0.897. The van der Waals surface area contributed by atoms with E-state index < -0.39 is 0 Å². The molecule has 7 rings (SSSR count). The minimum atomic E-state index is 0.175. The number of hydrogen-bond acceptors (Lipinski definition) is 1. The molecular weight excluding hydrogens is 657 g/mol. The van der Waals surface area contributed by atoms with E-state index >= 15 is 0 Å². The van der Waals surface area contributed by atoms with Crippen molar-refractivity contribution in [2.24, 2.45) is 5.92 Å². The Kier molecular flexibility index (Phi) is 10.9. The molecule has 6 aromatic rings. The summed E-state index contributed by atoms with van der Waals surface area (Å²) >= 11 is 1.86. The van der Waals surface area contributed by atoms with Gasteiger partial charge in [0.15, 0.2) is 0 Å². The Labute approximate surface area is 320 Å². The molecule has 1 heterocycles. The van der Waals surface area contributed by atoms with Crippen LogP contribution in [0.15, 0.2) is 175 Å². The summed E-state index contributed by atoms with van der Waals surface area (Å²) in [6.45, 7) is 13.5. The molecule has 1 atom stereocenters. The third-order valence-electron chi connectivity index (χ3n) is 10.4. The Balaban J connectivity index is 1.40. The zero-order valence-corrected chi connectivity index (χ0v) is 32.6. The first-order valence-corrected chi connectivity index (χ1v) is 19.6. The highest BCUT2D eigenvalue weighted by Crippen LogP contribution is 2.40. The van der Waals surface area contributed by atoms with Gasteiger partial charge in [0.25, 0.3) is 0 Å². The number of allylic oxidation sites excluding steroid dienone is 8. The first-order chi connectivity index (χ1) is 25.8. The Morgan fingerprint density at radius 2 is 1.19 bits per heavy atom. The fraction of sp³-hybridized carbons (Fsp3) is 0.154. The summed E-state index contributed by atoms with van der Waals surface area (Å²) in [5, 5.41) is 2.62. The number of fused-ring (bicyclic) bond motifs is 1. The molecular formula is C52H48S. The second kappa shape index (κ2) is 16.0. The third-order valence-corrected chi connectivity index (χ3v) is 11.6. The van der Waals surface area contributed by atoms with Gasteiger partial charge >= 0.3 is 0 Å². The van der Waals surface area contributed by atoms with E-state index in [0.29, 0.717) is 0 Å². The maximum atomic E-state index is 2.45. The van der Waals surface area contributed by atoms with E-state index in [9.17, 15) is 0 Å². The summed E-state index contributed by atoms with van der Waals surface area (Å²) in [5.41, 5.74) is 16.7. The minimum absolute atomic E-state index is 0.175. The Morgan fingerprint density at radius 3 is 1.92 bits per heavy atom. The van der Waals surface area contributed by atoms with Crippen LogP contribution >= 0.6 is 11.3 Å². The lowest BCUT2D eigenvalue weighted by Crippen LogP contribution is -2.37. The molecule has 53 heavy (non-hydrogen) atoms. The predicted molar refractivity (Wildman–Crippen MR) is 232 cm³/mol. The van der Waals surface area contributed by atoms with Gasteiger partial charge in [-0.3, -0.25) is 0 Å². The summed E-state index contributed by atoms with van der Waals surface area (Å²) in [6, 6.07) is 51.2. The van der Waals surface area contributed by atoms with E-state index in [-0.39, 0.29) is 5.92 Å². The van der Waals surface area contributed by atoms with Crippen LogP contribution < -0.4 is 10.4 Å². The Hall–Kier alpha value is -5.50. The molecule has 0 amide bonds. The van der Waals surface area contributed by atoms with Crippen molar-refractivity contribution < 1.29 is 0 Å². The van der Waals surface area contributed by atoms with Crippen LogP contribution in [0.25, 0.3) is 43.2 Å². The molecule has 1 aliphatic carbocycles. The molecule has 0 nitrogen and oxygen atoms in total. The van der Waals surface area contributed by atoms with Gasteiger partial charge in [-0.05, 0) is 130 Å². The van der Waals surface area contributed by atoms with Gasteiger partial charge in [-0.15, -0.1) is 11.3 Å². The van der Waals surface area contributed by atoms with Gasteiger partial charge in [0.05, 0.1) is 0 Å². The molecule has 0 radical (unpaired) electrons. The van der Waals surface area contributed by atoms with Gasteiger partial charge in [-0.2, -0.15) is 0 Å². The van der Waals surface area contributed by atoms with Crippen LogP contribution in [0.1, 0.15) is 68.9 Å². The molecule has 262 valence electrons. The summed E-state index contributed by atoms with van der Waals surface area (Å²) in [6.07, 6.45) is 10.3. The van der Waals surface area contributed by atoms with Crippen molar-refractivity contribution in [1.29, 1.82) is 0 Å². The molecule has 1 unspecified atom stereocenters. The van der Waals surface area contributed by atoms with Gasteiger partial charge in [0.2, 0.25) is 0 Å². The molecule has 0 N–H and O–H groups in total. The van der Waals surface area contributed by atoms with E-state index in [4.69, 9.17) is 0 Å². The SMILES string of the molecule is CC/C=C(C)\C=C1\C(c2cccc(-c3ccc(-c4ccccc4)s3)c2)=c2ccc(C)cc2=C(c2cccc(/C(C)=C/C=C(\C)c3ccccc3)c2)C1C. The molecule has 1 aliphatic rings. The molecule has 0 saturated heterocycles. The topological polar surface area (TPSA) is 0 Å². The largest absolute Gasteiger partial charge is 0.135 e. The molecule has 5 aromatic carbocycles. The first-order valence-electron chi connectivity index (χ1n) is 18.8. The number of hydrogen-bond donors (Lipinski definition) is 0.